The third-order valence-electron chi connectivity index (χ3n) is 3.78. The van der Waals surface area contributed by atoms with Gasteiger partial charge in [-0.15, -0.1) is 0 Å². The lowest BCUT2D eigenvalue weighted by atomic mass is 10.1. The molecule has 1 heterocycles. The van der Waals surface area contributed by atoms with Crippen LogP contribution in [-0.4, -0.2) is 72.7 Å². The normalized spacial score (nSPS) is 18.4. The Bertz CT molecular complexity index is 636. The maximum absolute atomic E-state index is 12.8. The van der Waals surface area contributed by atoms with Gasteiger partial charge in [0.2, 0.25) is 0 Å². The van der Waals surface area contributed by atoms with Crippen LogP contribution in [0.15, 0.2) is 24.3 Å². The molecule has 1 fully saturated rings. The van der Waals surface area contributed by atoms with Crippen molar-refractivity contribution in [2.24, 2.45) is 0 Å². The first-order chi connectivity index (χ1) is 11.7. The zero-order valence-corrected chi connectivity index (χ0v) is 13.6. The molecule has 0 radical (unpaired) electrons. The fraction of sp³-hybridized carbons (Fsp3) is 0.500. The monoisotopic (exact) mass is 360 g/mol. The molecule has 138 valence electrons. The summed E-state index contributed by atoms with van der Waals surface area (Å²) in [6.45, 7) is 0.851. The summed E-state index contributed by atoms with van der Waals surface area (Å²) in [6.07, 6.45) is -4.91. The van der Waals surface area contributed by atoms with Gasteiger partial charge in [-0.3, -0.25) is 14.5 Å². The molecule has 0 saturated carbocycles. The predicted molar refractivity (Wildman–Crippen MR) is 82.2 cm³/mol. The van der Waals surface area contributed by atoms with Gasteiger partial charge in [0.25, 0.3) is 5.91 Å². The number of nitrogens with zero attached hydrogens (tertiary/aromatic N) is 2. The predicted octanol–water partition coefficient (Wildman–Crippen LogP) is 1.56. The van der Waals surface area contributed by atoms with Crippen LogP contribution in [-0.2, 0) is 15.7 Å². The van der Waals surface area contributed by atoms with Gasteiger partial charge < -0.3 is 14.7 Å². The molecule has 1 aromatic carbocycles. The van der Waals surface area contributed by atoms with E-state index >= 15 is 0 Å². The fourth-order valence-electron chi connectivity index (χ4n) is 2.67. The van der Waals surface area contributed by atoms with Crippen molar-refractivity contribution in [1.82, 2.24) is 9.80 Å². The molecule has 1 aliphatic heterocycles. The smallest absolute Gasteiger partial charge is 0.416 e. The van der Waals surface area contributed by atoms with Crippen LogP contribution in [0.25, 0.3) is 0 Å². The van der Waals surface area contributed by atoms with Gasteiger partial charge >= 0.3 is 12.1 Å². The number of ether oxygens (including phenoxy) is 1. The number of morpholine rings is 1. The van der Waals surface area contributed by atoms with Crippen molar-refractivity contribution in [3.8, 4) is 0 Å². The Hall–Kier alpha value is -2.13. The van der Waals surface area contributed by atoms with Gasteiger partial charge in [0, 0.05) is 25.2 Å². The molecule has 1 saturated heterocycles. The van der Waals surface area contributed by atoms with Gasteiger partial charge in [-0.2, -0.15) is 13.2 Å². The Labute approximate surface area is 142 Å². The van der Waals surface area contributed by atoms with Gasteiger partial charge in [-0.1, -0.05) is 6.07 Å². The van der Waals surface area contributed by atoms with E-state index in [0.717, 1.165) is 12.1 Å². The minimum Gasteiger partial charge on any atom is -0.480 e. The molecule has 1 unspecified atom stereocenters. The number of carbonyl (C=O) groups is 2. The summed E-state index contributed by atoms with van der Waals surface area (Å²) in [6, 6.07) is 4.30. The first-order valence-corrected chi connectivity index (χ1v) is 7.65. The molecule has 6 nitrogen and oxygen atoms in total. The highest BCUT2D eigenvalue weighted by atomic mass is 19.4. The average molecular weight is 360 g/mol. The second-order valence-corrected chi connectivity index (χ2v) is 5.91. The van der Waals surface area contributed by atoms with Crippen LogP contribution in [0.1, 0.15) is 15.9 Å². The Morgan fingerprint density at radius 3 is 2.76 bits per heavy atom. The SMILES string of the molecule is CN(CC(=O)O)CC1CN(C(=O)c2cccc(C(F)(F)F)c2)CCO1. The lowest BCUT2D eigenvalue weighted by Gasteiger charge is -2.34. The van der Waals surface area contributed by atoms with Crippen LogP contribution in [0.4, 0.5) is 13.2 Å². The zero-order valence-electron chi connectivity index (χ0n) is 13.6. The summed E-state index contributed by atoms with van der Waals surface area (Å²) in [5, 5.41) is 8.76. The van der Waals surface area contributed by atoms with E-state index in [0.29, 0.717) is 6.54 Å². The Kier molecular flexibility index (Phi) is 6.02. The number of halogens is 3. The van der Waals surface area contributed by atoms with Crippen LogP contribution < -0.4 is 0 Å². The van der Waals surface area contributed by atoms with Crippen molar-refractivity contribution in [2.75, 3.05) is 39.8 Å². The number of rotatable bonds is 5. The quantitative estimate of drug-likeness (QED) is 0.863. The largest absolute Gasteiger partial charge is 0.480 e. The molecule has 1 amide bonds. The minimum absolute atomic E-state index is 0.0330. The first-order valence-electron chi connectivity index (χ1n) is 7.65. The van der Waals surface area contributed by atoms with Crippen molar-refractivity contribution in [3.05, 3.63) is 35.4 Å². The van der Waals surface area contributed by atoms with Crippen LogP contribution in [0.5, 0.6) is 0 Å². The topological polar surface area (TPSA) is 70.1 Å². The average Bonchev–Trinajstić information content (AvgIpc) is 2.53. The second kappa shape index (κ2) is 7.83. The lowest BCUT2D eigenvalue weighted by Crippen LogP contribution is -2.49. The van der Waals surface area contributed by atoms with E-state index < -0.39 is 29.7 Å². The summed E-state index contributed by atoms with van der Waals surface area (Å²) < 4.78 is 43.9. The van der Waals surface area contributed by atoms with Crippen molar-refractivity contribution in [2.45, 2.75) is 12.3 Å². The van der Waals surface area contributed by atoms with Gasteiger partial charge in [0.1, 0.15) is 0 Å². The Morgan fingerprint density at radius 1 is 1.40 bits per heavy atom. The van der Waals surface area contributed by atoms with Crippen molar-refractivity contribution < 1.29 is 32.6 Å². The molecule has 2 rings (SSSR count). The highest BCUT2D eigenvalue weighted by Gasteiger charge is 2.32. The molecule has 9 heteroatoms. The minimum atomic E-state index is -4.51. The number of likely N-dealkylation sites (N-methyl/N-ethyl adjacent to an activating group) is 1. The molecule has 1 N–H and O–H groups in total. The number of carboxylic acids is 1. The standard InChI is InChI=1S/C16H19F3N2O4/c1-20(10-14(22)23)8-13-9-21(5-6-25-13)15(24)11-3-2-4-12(7-11)16(17,18)19/h2-4,7,13H,5-6,8-10H2,1H3,(H,22,23). The third kappa shape index (κ3) is 5.43. The number of carboxylic acid groups (broad SMARTS) is 1. The molecule has 1 aliphatic rings. The Morgan fingerprint density at radius 2 is 2.12 bits per heavy atom. The number of carbonyl (C=O) groups excluding carboxylic acids is 1. The summed E-state index contributed by atoms with van der Waals surface area (Å²) >= 11 is 0. The molecule has 0 aliphatic carbocycles. The second-order valence-electron chi connectivity index (χ2n) is 5.91. The van der Waals surface area contributed by atoms with Crippen molar-refractivity contribution >= 4 is 11.9 Å². The van der Waals surface area contributed by atoms with Gasteiger partial charge in [0.05, 0.1) is 24.8 Å². The summed E-state index contributed by atoms with van der Waals surface area (Å²) in [5.41, 5.74) is -0.904. The van der Waals surface area contributed by atoms with Gasteiger partial charge in [-0.25, -0.2) is 0 Å². The van der Waals surface area contributed by atoms with Gasteiger partial charge in [-0.05, 0) is 25.2 Å². The molecule has 0 spiro atoms. The van der Waals surface area contributed by atoms with E-state index in [2.05, 4.69) is 0 Å². The molecule has 0 bridgehead atoms. The number of hydrogen-bond acceptors (Lipinski definition) is 4. The number of hydrogen-bond donors (Lipinski definition) is 1. The van der Waals surface area contributed by atoms with Crippen LogP contribution >= 0.6 is 0 Å². The summed E-state index contributed by atoms with van der Waals surface area (Å²) in [7, 11) is 1.62. The highest BCUT2D eigenvalue weighted by molar-refractivity contribution is 5.94. The van der Waals surface area contributed by atoms with E-state index in [1.165, 1.54) is 17.0 Å². The first kappa shape index (κ1) is 19.2. The van der Waals surface area contributed by atoms with Crippen molar-refractivity contribution in [3.63, 3.8) is 0 Å². The third-order valence-corrected chi connectivity index (χ3v) is 3.78. The van der Waals surface area contributed by atoms with Gasteiger partial charge in [0.15, 0.2) is 0 Å². The fourth-order valence-corrected chi connectivity index (χ4v) is 2.67. The van der Waals surface area contributed by atoms with E-state index in [9.17, 15) is 22.8 Å². The van der Waals surface area contributed by atoms with Crippen molar-refractivity contribution in [1.29, 1.82) is 0 Å². The Balaban J connectivity index is 2.03. The maximum atomic E-state index is 12.8. The molecule has 1 atom stereocenters. The number of benzene rings is 1. The van der Waals surface area contributed by atoms with Crippen LogP contribution in [0.3, 0.4) is 0 Å². The molecular formula is C16H19F3N2O4. The van der Waals surface area contributed by atoms with Crippen LogP contribution in [0.2, 0.25) is 0 Å². The van der Waals surface area contributed by atoms with E-state index in [1.807, 2.05) is 0 Å². The molecule has 1 aromatic rings. The van der Waals surface area contributed by atoms with E-state index in [4.69, 9.17) is 9.84 Å². The highest BCUT2D eigenvalue weighted by Crippen LogP contribution is 2.29. The molecular weight excluding hydrogens is 341 g/mol. The number of amides is 1. The summed E-state index contributed by atoms with van der Waals surface area (Å²) in [5.74, 6) is -1.48. The molecule has 0 aromatic heterocycles. The van der Waals surface area contributed by atoms with E-state index in [1.54, 1.807) is 11.9 Å². The van der Waals surface area contributed by atoms with Crippen LogP contribution in [0, 0.1) is 0 Å². The summed E-state index contributed by atoms with van der Waals surface area (Å²) in [4.78, 5) is 26.1. The van der Waals surface area contributed by atoms with E-state index in [-0.39, 0.29) is 31.8 Å². The maximum Gasteiger partial charge on any atom is 0.416 e. The zero-order chi connectivity index (χ0) is 18.6. The number of alkyl halides is 3. The number of aliphatic carboxylic acids is 1. The molecule has 25 heavy (non-hydrogen) atoms. The lowest BCUT2D eigenvalue weighted by molar-refractivity contribution is -0.139.